The van der Waals surface area contributed by atoms with Gasteiger partial charge in [0.2, 0.25) is 5.91 Å². The summed E-state index contributed by atoms with van der Waals surface area (Å²) >= 11 is 5.34. The highest BCUT2D eigenvalue weighted by Crippen LogP contribution is 2.68. The zero-order chi connectivity index (χ0) is 27.8. The van der Waals surface area contributed by atoms with Gasteiger partial charge in [-0.25, -0.2) is 0 Å². The molecule has 7 nitrogen and oxygen atoms in total. The largest absolute Gasteiger partial charge is 0.465 e. The molecule has 0 saturated carbocycles. The lowest BCUT2D eigenvalue weighted by molar-refractivity contribution is -0.154. The summed E-state index contributed by atoms with van der Waals surface area (Å²) < 4.78 is 4.83. The Morgan fingerprint density at radius 2 is 2.08 bits per heavy atom. The molecule has 3 aliphatic rings. The number of halogens is 1. The molecular weight excluding hydrogens is 568 g/mol. The molecule has 0 aliphatic carbocycles. The van der Waals surface area contributed by atoms with Gasteiger partial charge in [0, 0.05) is 22.3 Å². The quantitative estimate of drug-likeness (QED) is 0.176. The molecule has 1 N–H and O–H groups in total. The normalized spacial score (nSPS) is 30.2. The number of thioether (sulfide) groups is 1. The first-order valence-electron chi connectivity index (χ1n) is 13.1. The predicted molar refractivity (Wildman–Crippen MR) is 154 cm³/mol. The Morgan fingerprint density at radius 1 is 1.34 bits per heavy atom. The topological polar surface area (TPSA) is 87.2 Å². The number of carbonyl (C=O) groups is 3. The zero-order valence-corrected chi connectivity index (χ0v) is 24.7. The van der Waals surface area contributed by atoms with Gasteiger partial charge in [-0.05, 0) is 57.2 Å². The maximum Gasteiger partial charge on any atom is 0.310 e. The zero-order valence-electron chi connectivity index (χ0n) is 22.3. The second-order valence-electron chi connectivity index (χ2n) is 10.6. The summed E-state index contributed by atoms with van der Waals surface area (Å²) in [6.07, 6.45) is 5.43. The van der Waals surface area contributed by atoms with Crippen molar-refractivity contribution in [2.24, 2.45) is 11.8 Å². The van der Waals surface area contributed by atoms with Crippen molar-refractivity contribution in [3.05, 3.63) is 54.6 Å². The number of amides is 2. The van der Waals surface area contributed by atoms with E-state index in [-0.39, 0.29) is 41.6 Å². The van der Waals surface area contributed by atoms with Gasteiger partial charge in [-0.15, -0.1) is 24.9 Å². The Balaban J connectivity index is 1.77. The number of aliphatic hydroxyl groups excluding tert-OH is 1. The molecule has 3 saturated heterocycles. The number of allylic oxidation sites excluding steroid dienone is 1. The number of unbranched alkanes of at least 4 members (excludes halogenated alkanes) is 1. The Labute approximate surface area is 237 Å². The van der Waals surface area contributed by atoms with Crippen molar-refractivity contribution in [2.75, 3.05) is 24.7 Å². The van der Waals surface area contributed by atoms with E-state index in [2.05, 4.69) is 29.1 Å². The number of aryl methyl sites for hydroxylation is 2. The van der Waals surface area contributed by atoms with Crippen molar-refractivity contribution >= 4 is 51.2 Å². The average molecular weight is 606 g/mol. The summed E-state index contributed by atoms with van der Waals surface area (Å²) in [5.74, 6) is -2.22. The van der Waals surface area contributed by atoms with Gasteiger partial charge in [0.25, 0.3) is 5.91 Å². The summed E-state index contributed by atoms with van der Waals surface area (Å²) in [5, 5.41) is 9.95. The van der Waals surface area contributed by atoms with E-state index in [1.54, 1.807) is 40.6 Å². The molecule has 38 heavy (non-hydrogen) atoms. The highest BCUT2D eigenvalue weighted by Gasteiger charge is 2.76. The van der Waals surface area contributed by atoms with Crippen LogP contribution in [0.15, 0.2) is 43.5 Å². The number of esters is 1. The van der Waals surface area contributed by atoms with Crippen molar-refractivity contribution in [2.45, 2.75) is 66.9 Å². The van der Waals surface area contributed by atoms with Gasteiger partial charge in [0.1, 0.15) is 6.04 Å². The number of nitrogens with zero attached hydrogens (tertiary/aromatic N) is 2. The molecule has 0 radical (unpaired) electrons. The van der Waals surface area contributed by atoms with Crippen molar-refractivity contribution in [3.8, 4) is 0 Å². The Kier molecular flexibility index (Phi) is 8.79. The van der Waals surface area contributed by atoms with Gasteiger partial charge in [-0.3, -0.25) is 14.4 Å². The lowest BCUT2D eigenvalue weighted by atomic mass is 9.71. The number of likely N-dealkylation sites (tertiary alicyclic amines) is 1. The number of anilines is 1. The predicted octanol–water partition coefficient (Wildman–Crippen LogP) is 4.18. The Hall–Kier alpha value is -2.10. The van der Waals surface area contributed by atoms with E-state index in [0.717, 1.165) is 23.2 Å². The number of carbonyl (C=O) groups excluding carboxylic acids is 3. The van der Waals surface area contributed by atoms with Crippen molar-refractivity contribution in [1.82, 2.24) is 4.90 Å². The fourth-order valence-corrected chi connectivity index (χ4v) is 9.85. The maximum absolute atomic E-state index is 14.6. The molecule has 1 aromatic carbocycles. The van der Waals surface area contributed by atoms with E-state index in [1.807, 2.05) is 32.0 Å². The van der Waals surface area contributed by atoms with E-state index in [1.165, 1.54) is 0 Å². The van der Waals surface area contributed by atoms with Crippen LogP contribution < -0.4 is 4.90 Å². The molecule has 7 atom stereocenters. The van der Waals surface area contributed by atoms with Crippen LogP contribution in [0.2, 0.25) is 0 Å². The molecule has 206 valence electrons. The third-order valence-corrected chi connectivity index (χ3v) is 11.2. The van der Waals surface area contributed by atoms with E-state index in [9.17, 15) is 19.5 Å². The number of benzene rings is 1. The molecule has 1 spiro atoms. The molecule has 2 amide bonds. The van der Waals surface area contributed by atoms with Gasteiger partial charge in [0.15, 0.2) is 0 Å². The van der Waals surface area contributed by atoms with Crippen LogP contribution in [0.25, 0.3) is 0 Å². The van der Waals surface area contributed by atoms with Crippen LogP contribution in [-0.2, 0) is 19.1 Å². The molecule has 3 unspecified atom stereocenters. The van der Waals surface area contributed by atoms with E-state index >= 15 is 0 Å². The van der Waals surface area contributed by atoms with Crippen LogP contribution in [0.3, 0.4) is 0 Å². The van der Waals surface area contributed by atoms with Crippen LogP contribution in [0.1, 0.15) is 37.3 Å². The smallest absolute Gasteiger partial charge is 0.310 e. The highest BCUT2D eigenvalue weighted by molar-refractivity contribution is 9.09. The van der Waals surface area contributed by atoms with E-state index in [4.69, 9.17) is 4.74 Å². The number of fused-ring (bicyclic) bond motifs is 1. The highest BCUT2D eigenvalue weighted by atomic mass is 79.9. The minimum atomic E-state index is -0.837. The molecule has 4 rings (SSSR count). The first-order chi connectivity index (χ1) is 18.1. The van der Waals surface area contributed by atoms with E-state index in [0.29, 0.717) is 12.8 Å². The molecule has 9 heteroatoms. The second-order valence-corrected chi connectivity index (χ2v) is 13.3. The van der Waals surface area contributed by atoms with Crippen molar-refractivity contribution in [3.63, 3.8) is 0 Å². The third kappa shape index (κ3) is 4.75. The second kappa shape index (κ2) is 11.6. The molecule has 3 heterocycles. The average Bonchev–Trinajstić information content (AvgIpc) is 3.49. The number of hydrogen-bond acceptors (Lipinski definition) is 6. The molecule has 3 aliphatic heterocycles. The molecule has 2 bridgehead atoms. The summed E-state index contributed by atoms with van der Waals surface area (Å²) in [6.45, 7) is 13.5. The molecule has 0 aromatic heterocycles. The Morgan fingerprint density at radius 3 is 2.74 bits per heavy atom. The van der Waals surface area contributed by atoms with E-state index < -0.39 is 34.6 Å². The number of alkyl halides is 1. The van der Waals surface area contributed by atoms with Gasteiger partial charge in [-0.2, -0.15) is 0 Å². The Bertz CT molecular complexity index is 1130. The maximum atomic E-state index is 14.6. The van der Waals surface area contributed by atoms with Gasteiger partial charge >= 0.3 is 5.97 Å². The minimum absolute atomic E-state index is 0.0458. The van der Waals surface area contributed by atoms with Crippen LogP contribution in [0.4, 0.5) is 5.69 Å². The number of hydrogen-bond donors (Lipinski definition) is 1. The fourth-order valence-electron chi connectivity index (χ4n) is 6.27. The lowest BCUT2D eigenvalue weighted by Gasteiger charge is -2.39. The van der Waals surface area contributed by atoms with Gasteiger partial charge in [-0.1, -0.05) is 40.2 Å². The number of rotatable bonds is 11. The molecule has 1 aromatic rings. The third-order valence-electron chi connectivity index (χ3n) is 8.00. The summed E-state index contributed by atoms with van der Waals surface area (Å²) in [7, 11) is 0. The van der Waals surface area contributed by atoms with Crippen molar-refractivity contribution in [1.29, 1.82) is 0 Å². The van der Waals surface area contributed by atoms with Crippen molar-refractivity contribution < 1.29 is 24.2 Å². The molecule has 3 fully saturated rings. The number of aliphatic hydroxyl groups is 1. The number of ether oxygens (including phenoxy) is 1. The first kappa shape index (κ1) is 28.9. The molecular formula is C29H37BrN2O5S. The van der Waals surface area contributed by atoms with Crippen LogP contribution in [0.5, 0.6) is 0 Å². The minimum Gasteiger partial charge on any atom is -0.465 e. The lowest BCUT2D eigenvalue weighted by Crippen LogP contribution is -2.57. The summed E-state index contributed by atoms with van der Waals surface area (Å²) in [5.41, 5.74) is 2.72. The standard InChI is InChI=1S/C29H37BrN2O5S/c1-6-8-9-13-37-28(36)22-23-26(34)32(19(5)16-33)25(29(23)15-20(30)24(22)38-29)27(35)31(12-7-2)21-14-17(3)10-11-18(21)4/h6-7,10-11,14,19-20,22-25,33H,1-2,8-9,12-13,15-16H2,3-5H3/t19-,20?,22-,23+,24-,25?,29?/m1/s1. The van der Waals surface area contributed by atoms with Gasteiger partial charge in [0.05, 0.1) is 35.8 Å². The summed E-state index contributed by atoms with van der Waals surface area (Å²) in [6, 6.07) is 4.52. The monoisotopic (exact) mass is 604 g/mol. The fraction of sp³-hybridized carbons (Fsp3) is 0.552. The van der Waals surface area contributed by atoms with Crippen LogP contribution in [0, 0.1) is 25.7 Å². The van der Waals surface area contributed by atoms with Crippen LogP contribution in [-0.4, -0.2) is 74.5 Å². The van der Waals surface area contributed by atoms with Crippen LogP contribution >= 0.6 is 27.7 Å². The first-order valence-corrected chi connectivity index (χ1v) is 14.9. The summed E-state index contributed by atoms with van der Waals surface area (Å²) in [4.78, 5) is 45.2. The van der Waals surface area contributed by atoms with Gasteiger partial charge < -0.3 is 19.6 Å². The SMILES string of the molecule is C=CCCCOC(=O)[C@H]1[C@@H]2SC3(CC2Br)C(C(=O)N(CC=C)c2cc(C)ccc2C)N([C@H](C)CO)C(=O)[C@H]13.